The molecule has 0 saturated carbocycles. The molecule has 0 N–H and O–H groups in total. The molecule has 1 rings (SSSR count). The molecule has 1 fully saturated rings. The number of carboxylic acids is 1. The van der Waals surface area contributed by atoms with E-state index >= 15 is 0 Å². The molecule has 0 aliphatic carbocycles. The average molecular weight is 214 g/mol. The summed E-state index contributed by atoms with van der Waals surface area (Å²) in [6.45, 7) is 3.51. The van der Waals surface area contributed by atoms with Crippen LogP contribution in [0.5, 0.6) is 0 Å². The fourth-order valence-electron chi connectivity index (χ4n) is 1.07. The first-order valence-electron chi connectivity index (χ1n) is 3.89. The number of carboxylic acid groups (broad SMARTS) is 1. The largest absolute Gasteiger partial charge is 0.550 e. The summed E-state index contributed by atoms with van der Waals surface area (Å²) in [5, 5.41) is 8.98. The zero-order chi connectivity index (χ0) is 10.7. The first kappa shape index (κ1) is 10.8. The molecule has 0 aromatic carbocycles. The zero-order valence-electron chi connectivity index (χ0n) is 7.26. The summed E-state index contributed by atoms with van der Waals surface area (Å²) in [7, 11) is 0. The van der Waals surface area contributed by atoms with Crippen molar-refractivity contribution < 1.29 is 19.5 Å². The lowest BCUT2D eigenvalue weighted by Gasteiger charge is -2.10. The maximum absolute atomic E-state index is 11.4. The lowest BCUT2D eigenvalue weighted by atomic mass is 10.3. The summed E-state index contributed by atoms with van der Waals surface area (Å²) in [4.78, 5) is 33.8. The Morgan fingerprint density at radius 2 is 2.29 bits per heavy atom. The summed E-state index contributed by atoms with van der Waals surface area (Å²) < 4.78 is 0. The minimum absolute atomic E-state index is 0.119. The van der Waals surface area contributed by atoms with Crippen molar-refractivity contribution in [2.75, 3.05) is 6.54 Å². The van der Waals surface area contributed by atoms with Gasteiger partial charge in [0.25, 0.3) is 5.24 Å². The fraction of sp³-hybridized carbons (Fsp3) is 0.375. The van der Waals surface area contributed by atoms with Gasteiger partial charge >= 0.3 is 0 Å². The lowest BCUT2D eigenvalue weighted by molar-refractivity contribution is -0.305. The quantitative estimate of drug-likeness (QED) is 0.583. The van der Waals surface area contributed by atoms with Gasteiger partial charge in [-0.25, -0.2) is 0 Å². The van der Waals surface area contributed by atoms with Crippen LogP contribution < -0.4 is 5.11 Å². The van der Waals surface area contributed by atoms with E-state index in [1.165, 1.54) is 6.08 Å². The molecular weight excluding hydrogens is 206 g/mol. The van der Waals surface area contributed by atoms with Crippen molar-refractivity contribution in [3.05, 3.63) is 12.7 Å². The van der Waals surface area contributed by atoms with Crippen molar-refractivity contribution in [3.8, 4) is 0 Å². The van der Waals surface area contributed by atoms with E-state index < -0.39 is 28.8 Å². The highest BCUT2D eigenvalue weighted by Gasteiger charge is 2.38. The minimum Gasteiger partial charge on any atom is -0.550 e. The minimum atomic E-state index is -1.33. The van der Waals surface area contributed by atoms with E-state index in [4.69, 9.17) is 0 Å². The van der Waals surface area contributed by atoms with Gasteiger partial charge in [-0.2, -0.15) is 0 Å². The Morgan fingerprint density at radius 1 is 1.64 bits per heavy atom. The summed E-state index contributed by atoms with van der Waals surface area (Å²) in [6, 6.07) is 0. The Balaban J connectivity index is 2.68. The molecule has 0 spiro atoms. The van der Waals surface area contributed by atoms with Gasteiger partial charge in [-0.05, 0) is 0 Å². The highest BCUT2D eigenvalue weighted by molar-refractivity contribution is 8.15. The Morgan fingerprint density at radius 3 is 2.79 bits per heavy atom. The standard InChI is InChI=1S/C8H9NO4S/c1-2-3-9-7(12)5(4-6(10)11)14-8(9)13/h2,5H,1,3-4H2,(H,10,11)/p-1/t5-/m0/s1. The molecule has 1 saturated heterocycles. The molecule has 6 heteroatoms. The number of carbonyl (C=O) groups is 3. The topological polar surface area (TPSA) is 77.5 Å². The highest BCUT2D eigenvalue weighted by atomic mass is 32.2. The summed E-state index contributed by atoms with van der Waals surface area (Å²) >= 11 is 0.719. The van der Waals surface area contributed by atoms with Crippen LogP contribution in [0.25, 0.3) is 0 Å². The third-order valence-corrected chi connectivity index (χ3v) is 2.74. The van der Waals surface area contributed by atoms with Gasteiger partial charge in [0, 0.05) is 18.9 Å². The van der Waals surface area contributed by atoms with Gasteiger partial charge in [-0.15, -0.1) is 6.58 Å². The van der Waals surface area contributed by atoms with Crippen LogP contribution in [0.4, 0.5) is 4.79 Å². The molecule has 5 nitrogen and oxygen atoms in total. The molecule has 0 bridgehead atoms. The van der Waals surface area contributed by atoms with Crippen molar-refractivity contribution in [2.24, 2.45) is 0 Å². The number of aliphatic carboxylic acids is 1. The van der Waals surface area contributed by atoms with Gasteiger partial charge in [0.1, 0.15) is 0 Å². The number of hydrogen-bond donors (Lipinski definition) is 0. The van der Waals surface area contributed by atoms with E-state index in [1.807, 2.05) is 0 Å². The molecule has 1 aliphatic rings. The number of nitrogens with zero attached hydrogens (tertiary/aromatic N) is 1. The Labute approximate surface area is 84.8 Å². The van der Waals surface area contributed by atoms with Crippen molar-refractivity contribution in [2.45, 2.75) is 11.7 Å². The number of amides is 2. The van der Waals surface area contributed by atoms with E-state index in [0.29, 0.717) is 0 Å². The second kappa shape index (κ2) is 4.28. The number of imide groups is 1. The smallest absolute Gasteiger partial charge is 0.289 e. The third-order valence-electron chi connectivity index (χ3n) is 1.67. The number of hydrogen-bond acceptors (Lipinski definition) is 5. The lowest BCUT2D eigenvalue weighted by Crippen LogP contribution is -2.34. The van der Waals surface area contributed by atoms with Crippen molar-refractivity contribution in [1.82, 2.24) is 4.90 Å². The average Bonchev–Trinajstić information content (AvgIpc) is 2.32. The van der Waals surface area contributed by atoms with E-state index in [9.17, 15) is 19.5 Å². The van der Waals surface area contributed by atoms with Crippen LogP contribution in [0.1, 0.15) is 6.42 Å². The van der Waals surface area contributed by atoms with Crippen LogP contribution in [0.2, 0.25) is 0 Å². The molecule has 0 radical (unpaired) electrons. The molecule has 76 valence electrons. The molecular formula is C8H8NO4S-. The molecule has 0 unspecified atom stereocenters. The van der Waals surface area contributed by atoms with Crippen LogP contribution in [0, 0.1) is 0 Å². The van der Waals surface area contributed by atoms with Crippen LogP contribution in [-0.4, -0.2) is 33.8 Å². The van der Waals surface area contributed by atoms with Gasteiger partial charge in [-0.1, -0.05) is 17.8 Å². The molecule has 1 aliphatic heterocycles. The van der Waals surface area contributed by atoms with E-state index in [0.717, 1.165) is 16.7 Å². The van der Waals surface area contributed by atoms with Gasteiger partial charge in [0.2, 0.25) is 5.91 Å². The zero-order valence-corrected chi connectivity index (χ0v) is 8.08. The van der Waals surface area contributed by atoms with Crippen LogP contribution in [0.15, 0.2) is 12.7 Å². The van der Waals surface area contributed by atoms with Gasteiger partial charge in [-0.3, -0.25) is 14.5 Å². The third kappa shape index (κ3) is 2.14. The summed E-state index contributed by atoms with van der Waals surface area (Å²) in [5.74, 6) is -1.81. The molecule has 1 heterocycles. The SMILES string of the molecule is C=CCN1C(=O)S[C@@H](CC(=O)[O-])C1=O. The van der Waals surface area contributed by atoms with Crippen molar-refractivity contribution in [3.63, 3.8) is 0 Å². The van der Waals surface area contributed by atoms with Gasteiger partial charge < -0.3 is 9.90 Å². The van der Waals surface area contributed by atoms with Crippen molar-refractivity contribution in [1.29, 1.82) is 0 Å². The van der Waals surface area contributed by atoms with Crippen molar-refractivity contribution >= 4 is 28.9 Å². The van der Waals surface area contributed by atoms with E-state index in [2.05, 4.69) is 6.58 Å². The highest BCUT2D eigenvalue weighted by Crippen LogP contribution is 2.28. The predicted molar refractivity (Wildman–Crippen MR) is 48.3 cm³/mol. The molecule has 0 aromatic heterocycles. The van der Waals surface area contributed by atoms with Gasteiger partial charge in [0.05, 0.1) is 5.25 Å². The van der Waals surface area contributed by atoms with Crippen LogP contribution >= 0.6 is 11.8 Å². The Hall–Kier alpha value is -1.30. The van der Waals surface area contributed by atoms with E-state index in [-0.39, 0.29) is 6.54 Å². The molecule has 0 aromatic rings. The predicted octanol–water partition coefficient (Wildman–Crippen LogP) is -0.624. The first-order chi connectivity index (χ1) is 6.56. The van der Waals surface area contributed by atoms with Crippen LogP contribution in [0.3, 0.4) is 0 Å². The maximum Gasteiger partial charge on any atom is 0.289 e. The summed E-state index contributed by atoms with van der Waals surface area (Å²) in [5.41, 5.74) is 0. The first-order valence-corrected chi connectivity index (χ1v) is 4.77. The van der Waals surface area contributed by atoms with E-state index in [1.54, 1.807) is 0 Å². The number of rotatable bonds is 4. The maximum atomic E-state index is 11.4. The normalized spacial score (nSPS) is 21.4. The van der Waals surface area contributed by atoms with Gasteiger partial charge in [0.15, 0.2) is 0 Å². The number of thioether (sulfide) groups is 1. The molecule has 2 amide bonds. The second-order valence-electron chi connectivity index (χ2n) is 2.69. The number of carbonyl (C=O) groups excluding carboxylic acids is 3. The molecule has 1 atom stereocenters. The second-order valence-corrected chi connectivity index (χ2v) is 3.84. The van der Waals surface area contributed by atoms with Crippen LogP contribution in [-0.2, 0) is 9.59 Å². The monoisotopic (exact) mass is 214 g/mol. The summed E-state index contributed by atoms with van der Waals surface area (Å²) in [6.07, 6.45) is 0.987. The Bertz CT molecular complexity index is 302. The Kier molecular flexibility index (Phi) is 3.29. The molecule has 14 heavy (non-hydrogen) atoms. The fourth-order valence-corrected chi connectivity index (χ4v) is 2.06.